The lowest BCUT2D eigenvalue weighted by Gasteiger charge is -2.32. The van der Waals surface area contributed by atoms with Crippen molar-refractivity contribution in [3.8, 4) is 0 Å². The van der Waals surface area contributed by atoms with Gasteiger partial charge in [-0.15, -0.1) is 0 Å². The van der Waals surface area contributed by atoms with Crippen LogP contribution in [0.4, 0.5) is 11.4 Å². The second-order valence-corrected chi connectivity index (χ2v) is 4.91. The first-order chi connectivity index (χ1) is 8.93. The molecule has 0 unspecified atom stereocenters. The minimum absolute atomic E-state index is 0.577. The third-order valence-electron chi connectivity index (χ3n) is 3.92. The van der Waals surface area contributed by atoms with E-state index in [1.807, 2.05) is 12.4 Å². The molecule has 0 atom stereocenters. The monoisotopic (exact) mass is 244 g/mol. The van der Waals surface area contributed by atoms with Crippen LogP contribution >= 0.6 is 0 Å². The number of pyridine rings is 1. The number of hydrogen-bond donors (Lipinski definition) is 2. The Morgan fingerprint density at radius 1 is 1.33 bits per heavy atom. The Labute approximate surface area is 105 Å². The molecule has 5 heteroatoms. The van der Waals surface area contributed by atoms with E-state index in [9.17, 15) is 0 Å². The van der Waals surface area contributed by atoms with Gasteiger partial charge in [0, 0.05) is 30.8 Å². The second kappa shape index (κ2) is 3.88. The van der Waals surface area contributed by atoms with Crippen molar-refractivity contribution in [2.75, 3.05) is 30.1 Å². The molecule has 0 amide bonds. The van der Waals surface area contributed by atoms with Gasteiger partial charge in [-0.1, -0.05) is 0 Å². The zero-order valence-corrected chi connectivity index (χ0v) is 10.1. The molecule has 0 aliphatic carbocycles. The van der Waals surface area contributed by atoms with Crippen LogP contribution in [0.15, 0.2) is 18.5 Å². The number of H-pyrrole nitrogens is 1. The van der Waals surface area contributed by atoms with Gasteiger partial charge in [0.2, 0.25) is 0 Å². The summed E-state index contributed by atoms with van der Waals surface area (Å²) in [7, 11) is 0. The van der Waals surface area contributed by atoms with Crippen LogP contribution in [0, 0.1) is 0 Å². The lowest BCUT2D eigenvalue weighted by molar-refractivity contribution is 0.0850. The summed E-state index contributed by atoms with van der Waals surface area (Å²) in [6.45, 7) is 2.63. The lowest BCUT2D eigenvalue weighted by atomic mass is 10.1. The zero-order valence-electron chi connectivity index (χ0n) is 10.1. The van der Waals surface area contributed by atoms with E-state index < -0.39 is 0 Å². The first-order valence-electron chi connectivity index (χ1n) is 6.48. The molecule has 5 nitrogen and oxygen atoms in total. The van der Waals surface area contributed by atoms with Gasteiger partial charge in [0.15, 0.2) is 0 Å². The van der Waals surface area contributed by atoms with Crippen molar-refractivity contribution in [1.29, 1.82) is 0 Å². The molecule has 0 bridgehead atoms. The molecule has 0 spiro atoms. The van der Waals surface area contributed by atoms with Gasteiger partial charge in [-0.2, -0.15) is 0 Å². The quantitative estimate of drug-likeness (QED) is 0.805. The molecule has 0 aromatic carbocycles. The van der Waals surface area contributed by atoms with Crippen molar-refractivity contribution in [2.45, 2.75) is 18.9 Å². The van der Waals surface area contributed by atoms with Crippen molar-refractivity contribution in [3.63, 3.8) is 0 Å². The van der Waals surface area contributed by atoms with E-state index in [-0.39, 0.29) is 0 Å². The van der Waals surface area contributed by atoms with E-state index in [0.29, 0.717) is 6.04 Å². The predicted molar refractivity (Wildman–Crippen MR) is 70.9 cm³/mol. The molecule has 4 rings (SSSR count). The largest absolute Gasteiger partial charge is 0.381 e. The van der Waals surface area contributed by atoms with Crippen LogP contribution in [0.2, 0.25) is 0 Å². The average Bonchev–Trinajstić information content (AvgIpc) is 3.05. The van der Waals surface area contributed by atoms with Gasteiger partial charge in [-0.05, 0) is 18.9 Å². The van der Waals surface area contributed by atoms with Crippen LogP contribution in [-0.2, 0) is 4.74 Å². The molecule has 94 valence electrons. The summed E-state index contributed by atoms with van der Waals surface area (Å²) in [5, 5.41) is 4.65. The van der Waals surface area contributed by atoms with E-state index in [1.54, 1.807) is 0 Å². The Hall–Kier alpha value is -1.75. The first-order valence-corrected chi connectivity index (χ1v) is 6.48. The number of rotatable bonds is 1. The molecule has 2 N–H and O–H groups in total. The fraction of sp³-hybridized carbons (Fsp3) is 0.462. The van der Waals surface area contributed by atoms with Gasteiger partial charge < -0.3 is 19.9 Å². The fourth-order valence-corrected chi connectivity index (χ4v) is 2.99. The minimum Gasteiger partial charge on any atom is -0.381 e. The van der Waals surface area contributed by atoms with Crippen molar-refractivity contribution in [2.24, 2.45) is 0 Å². The van der Waals surface area contributed by atoms with Gasteiger partial charge in [0.25, 0.3) is 0 Å². The Morgan fingerprint density at radius 2 is 2.22 bits per heavy atom. The highest BCUT2D eigenvalue weighted by Gasteiger charge is 2.29. The molecule has 4 heterocycles. The molecule has 2 aliphatic heterocycles. The Balaban J connectivity index is 1.79. The molecule has 18 heavy (non-hydrogen) atoms. The van der Waals surface area contributed by atoms with Gasteiger partial charge in [0.05, 0.1) is 24.2 Å². The maximum absolute atomic E-state index is 5.45. The third-order valence-corrected chi connectivity index (χ3v) is 3.92. The predicted octanol–water partition coefficient (Wildman–Crippen LogP) is 1.93. The molecule has 0 saturated carbocycles. The minimum atomic E-state index is 0.577. The summed E-state index contributed by atoms with van der Waals surface area (Å²) in [6, 6.07) is 2.69. The Morgan fingerprint density at radius 3 is 3.11 bits per heavy atom. The Bertz CT molecular complexity index is 573. The molecule has 1 saturated heterocycles. The van der Waals surface area contributed by atoms with E-state index >= 15 is 0 Å². The SMILES string of the molecule is c1cc2c3c(cnc2[nH]1)NCN3C1CCOCC1. The molecule has 2 aliphatic rings. The third kappa shape index (κ3) is 1.40. The summed E-state index contributed by atoms with van der Waals surface area (Å²) in [4.78, 5) is 10.1. The summed E-state index contributed by atoms with van der Waals surface area (Å²) in [6.07, 6.45) is 6.09. The average molecular weight is 244 g/mol. The van der Waals surface area contributed by atoms with Gasteiger partial charge in [-0.25, -0.2) is 4.98 Å². The molecular weight excluding hydrogens is 228 g/mol. The van der Waals surface area contributed by atoms with Crippen LogP contribution in [0.3, 0.4) is 0 Å². The summed E-state index contributed by atoms with van der Waals surface area (Å²) < 4.78 is 5.45. The maximum Gasteiger partial charge on any atom is 0.139 e. The highest BCUT2D eigenvalue weighted by Crippen LogP contribution is 2.39. The number of nitrogens with one attached hydrogen (secondary N) is 2. The van der Waals surface area contributed by atoms with Crippen molar-refractivity contribution in [1.82, 2.24) is 9.97 Å². The van der Waals surface area contributed by atoms with Crippen molar-refractivity contribution in [3.05, 3.63) is 18.5 Å². The topological polar surface area (TPSA) is 53.2 Å². The van der Waals surface area contributed by atoms with Crippen molar-refractivity contribution < 1.29 is 4.74 Å². The van der Waals surface area contributed by atoms with E-state index in [1.165, 1.54) is 11.1 Å². The van der Waals surface area contributed by atoms with Crippen LogP contribution < -0.4 is 10.2 Å². The van der Waals surface area contributed by atoms with Gasteiger partial charge >= 0.3 is 0 Å². The fourth-order valence-electron chi connectivity index (χ4n) is 2.99. The summed E-state index contributed by atoms with van der Waals surface area (Å²) >= 11 is 0. The number of anilines is 2. The van der Waals surface area contributed by atoms with Gasteiger partial charge in [-0.3, -0.25) is 0 Å². The van der Waals surface area contributed by atoms with Gasteiger partial charge in [0.1, 0.15) is 5.65 Å². The number of ether oxygens (including phenoxy) is 1. The second-order valence-electron chi connectivity index (χ2n) is 4.91. The zero-order chi connectivity index (χ0) is 11.9. The first kappa shape index (κ1) is 10.2. The molecular formula is C13H16N4O. The highest BCUT2D eigenvalue weighted by molar-refractivity contribution is 5.98. The molecule has 0 radical (unpaired) electrons. The maximum atomic E-state index is 5.45. The van der Waals surface area contributed by atoms with E-state index in [0.717, 1.165) is 44.1 Å². The highest BCUT2D eigenvalue weighted by atomic mass is 16.5. The molecule has 1 fully saturated rings. The molecule has 2 aromatic rings. The van der Waals surface area contributed by atoms with Crippen LogP contribution in [0.1, 0.15) is 12.8 Å². The number of aromatic nitrogens is 2. The van der Waals surface area contributed by atoms with Crippen LogP contribution in [-0.4, -0.2) is 35.9 Å². The van der Waals surface area contributed by atoms with Crippen LogP contribution in [0.25, 0.3) is 11.0 Å². The van der Waals surface area contributed by atoms with Crippen molar-refractivity contribution >= 4 is 22.4 Å². The molecule has 2 aromatic heterocycles. The lowest BCUT2D eigenvalue weighted by Crippen LogP contribution is -2.39. The Kier molecular flexibility index (Phi) is 2.20. The number of aromatic amines is 1. The summed E-state index contributed by atoms with van der Waals surface area (Å²) in [5.41, 5.74) is 3.41. The van der Waals surface area contributed by atoms with E-state index in [4.69, 9.17) is 4.74 Å². The standard InChI is InChI=1S/C13H16N4O/c1-4-14-13-10(1)12-11(7-15-13)16-8-17(12)9-2-5-18-6-3-9/h1,4,7,9,16H,2-3,5-6,8H2,(H,14,15). The summed E-state index contributed by atoms with van der Waals surface area (Å²) in [5.74, 6) is 0. The number of hydrogen-bond acceptors (Lipinski definition) is 4. The smallest absolute Gasteiger partial charge is 0.139 e. The number of nitrogens with zero attached hydrogens (tertiary/aromatic N) is 2. The van der Waals surface area contributed by atoms with E-state index in [2.05, 4.69) is 26.3 Å². The van der Waals surface area contributed by atoms with Crippen LogP contribution in [0.5, 0.6) is 0 Å². The normalized spacial score (nSPS) is 20.1. The number of fused-ring (bicyclic) bond motifs is 3.